The average Bonchev–Trinajstić information content (AvgIpc) is 3.20. The van der Waals surface area contributed by atoms with Crippen molar-refractivity contribution in [3.05, 3.63) is 40.0 Å². The SMILES string of the molecule is O=C(Nc1cnsn1)[C@@H]1CCCN1C(=O)c1ccc(Cl)c(Cl)c1. The molecular weight excluding hydrogens is 359 g/mol. The van der Waals surface area contributed by atoms with Crippen LogP contribution in [0, 0.1) is 0 Å². The molecule has 2 aromatic rings. The third-order valence-corrected chi connectivity index (χ3v) is 4.81. The molecule has 3 rings (SSSR count). The van der Waals surface area contributed by atoms with Gasteiger partial charge in [0.05, 0.1) is 28.0 Å². The standard InChI is InChI=1S/C14H12Cl2N4O2S/c15-9-4-3-8(6-10(9)16)14(22)20-5-1-2-11(20)13(21)18-12-7-17-23-19-12/h3-4,6-7,11H,1-2,5H2,(H,18,19,21)/t11-/m0/s1. The third-order valence-electron chi connectivity index (χ3n) is 3.60. The summed E-state index contributed by atoms with van der Waals surface area (Å²) in [5.74, 6) is -0.102. The van der Waals surface area contributed by atoms with Crippen LogP contribution in [-0.2, 0) is 4.79 Å². The van der Waals surface area contributed by atoms with Gasteiger partial charge in [-0.1, -0.05) is 23.2 Å². The summed E-state index contributed by atoms with van der Waals surface area (Å²) in [5, 5.41) is 3.37. The fraction of sp³-hybridized carbons (Fsp3) is 0.286. The lowest BCUT2D eigenvalue weighted by Gasteiger charge is -2.23. The lowest BCUT2D eigenvalue weighted by Crippen LogP contribution is -2.43. The van der Waals surface area contributed by atoms with Gasteiger partial charge in [0, 0.05) is 12.1 Å². The van der Waals surface area contributed by atoms with E-state index in [4.69, 9.17) is 23.2 Å². The minimum Gasteiger partial charge on any atom is -0.327 e. The number of hydrogen-bond acceptors (Lipinski definition) is 5. The molecule has 0 radical (unpaired) electrons. The first kappa shape index (κ1) is 16.2. The number of rotatable bonds is 3. The molecule has 23 heavy (non-hydrogen) atoms. The van der Waals surface area contributed by atoms with Gasteiger partial charge in [0.1, 0.15) is 6.04 Å². The number of aromatic nitrogens is 2. The second-order valence-corrected chi connectivity index (χ2v) is 6.44. The average molecular weight is 371 g/mol. The first-order valence-electron chi connectivity index (χ1n) is 6.90. The second-order valence-electron chi connectivity index (χ2n) is 5.07. The van der Waals surface area contributed by atoms with Crippen molar-refractivity contribution < 1.29 is 9.59 Å². The minimum atomic E-state index is -0.529. The molecule has 1 aliphatic rings. The number of carbonyl (C=O) groups excluding carboxylic acids is 2. The quantitative estimate of drug-likeness (QED) is 0.900. The molecule has 2 heterocycles. The van der Waals surface area contributed by atoms with Crippen LogP contribution in [0.4, 0.5) is 5.82 Å². The lowest BCUT2D eigenvalue weighted by atomic mass is 10.1. The van der Waals surface area contributed by atoms with Crippen molar-refractivity contribution in [2.75, 3.05) is 11.9 Å². The second kappa shape index (κ2) is 6.82. The highest BCUT2D eigenvalue weighted by atomic mass is 35.5. The number of amides is 2. The predicted molar refractivity (Wildman–Crippen MR) is 89.1 cm³/mol. The zero-order valence-electron chi connectivity index (χ0n) is 11.8. The van der Waals surface area contributed by atoms with Crippen LogP contribution in [0.3, 0.4) is 0 Å². The molecular formula is C14H12Cl2N4O2S. The zero-order valence-corrected chi connectivity index (χ0v) is 14.2. The van der Waals surface area contributed by atoms with E-state index in [2.05, 4.69) is 14.1 Å². The smallest absolute Gasteiger partial charge is 0.254 e. The molecule has 9 heteroatoms. The zero-order chi connectivity index (χ0) is 16.4. The van der Waals surface area contributed by atoms with Crippen molar-refractivity contribution in [3.63, 3.8) is 0 Å². The Hall–Kier alpha value is -1.70. The van der Waals surface area contributed by atoms with E-state index in [1.807, 2.05) is 0 Å². The Labute approximate surface area is 146 Å². The number of nitrogens with zero attached hydrogens (tertiary/aromatic N) is 3. The van der Waals surface area contributed by atoms with E-state index < -0.39 is 6.04 Å². The summed E-state index contributed by atoms with van der Waals surface area (Å²) < 4.78 is 7.77. The van der Waals surface area contributed by atoms with Crippen LogP contribution >= 0.6 is 34.9 Å². The van der Waals surface area contributed by atoms with E-state index >= 15 is 0 Å². The fourth-order valence-electron chi connectivity index (χ4n) is 2.51. The van der Waals surface area contributed by atoms with Crippen molar-refractivity contribution in [2.45, 2.75) is 18.9 Å². The molecule has 1 atom stereocenters. The summed E-state index contributed by atoms with van der Waals surface area (Å²) in [4.78, 5) is 26.6. The highest BCUT2D eigenvalue weighted by Gasteiger charge is 2.34. The maximum atomic E-state index is 12.6. The van der Waals surface area contributed by atoms with Gasteiger partial charge in [0.25, 0.3) is 5.91 Å². The van der Waals surface area contributed by atoms with E-state index in [0.717, 1.165) is 18.1 Å². The van der Waals surface area contributed by atoms with E-state index in [-0.39, 0.29) is 11.8 Å². The fourth-order valence-corrected chi connectivity index (χ4v) is 3.18. The molecule has 6 nitrogen and oxygen atoms in total. The first-order chi connectivity index (χ1) is 11.1. The van der Waals surface area contributed by atoms with E-state index in [1.54, 1.807) is 17.0 Å². The topological polar surface area (TPSA) is 75.2 Å². The Morgan fingerprint density at radius 2 is 2.13 bits per heavy atom. The number of anilines is 1. The number of carbonyl (C=O) groups is 2. The molecule has 1 aliphatic heterocycles. The van der Waals surface area contributed by atoms with E-state index in [0.29, 0.717) is 34.4 Å². The Bertz CT molecular complexity index is 738. The monoisotopic (exact) mass is 370 g/mol. The molecule has 1 fully saturated rings. The number of benzene rings is 1. The van der Waals surface area contributed by atoms with Gasteiger partial charge in [0.15, 0.2) is 5.82 Å². The molecule has 0 bridgehead atoms. The first-order valence-corrected chi connectivity index (χ1v) is 8.39. The van der Waals surface area contributed by atoms with Gasteiger partial charge in [-0.2, -0.15) is 8.75 Å². The molecule has 1 aromatic carbocycles. The normalized spacial score (nSPS) is 17.3. The summed E-state index contributed by atoms with van der Waals surface area (Å²) in [7, 11) is 0. The number of halogens is 2. The highest BCUT2D eigenvalue weighted by Crippen LogP contribution is 2.26. The highest BCUT2D eigenvalue weighted by molar-refractivity contribution is 6.99. The molecule has 0 saturated carbocycles. The lowest BCUT2D eigenvalue weighted by molar-refractivity contribution is -0.119. The summed E-state index contributed by atoms with van der Waals surface area (Å²) >= 11 is 12.8. The van der Waals surface area contributed by atoms with Gasteiger partial charge in [0.2, 0.25) is 5.91 Å². The van der Waals surface area contributed by atoms with Crippen LogP contribution in [0.2, 0.25) is 10.0 Å². The predicted octanol–water partition coefficient (Wildman–Crippen LogP) is 3.09. The largest absolute Gasteiger partial charge is 0.327 e. The van der Waals surface area contributed by atoms with Crippen LogP contribution in [-0.4, -0.2) is 38.0 Å². The van der Waals surface area contributed by atoms with Crippen molar-refractivity contribution in [1.82, 2.24) is 13.6 Å². The van der Waals surface area contributed by atoms with Gasteiger partial charge in [-0.15, -0.1) is 0 Å². The molecule has 2 amide bonds. The van der Waals surface area contributed by atoms with E-state index in [1.165, 1.54) is 12.3 Å². The van der Waals surface area contributed by atoms with Crippen LogP contribution in [0.25, 0.3) is 0 Å². The Morgan fingerprint density at radius 1 is 1.30 bits per heavy atom. The maximum Gasteiger partial charge on any atom is 0.254 e. The van der Waals surface area contributed by atoms with Crippen molar-refractivity contribution in [1.29, 1.82) is 0 Å². The Morgan fingerprint density at radius 3 is 2.83 bits per heavy atom. The van der Waals surface area contributed by atoms with Gasteiger partial charge in [-0.25, -0.2) is 0 Å². The summed E-state index contributed by atoms with van der Waals surface area (Å²) in [6.45, 7) is 0.520. The van der Waals surface area contributed by atoms with Gasteiger partial charge >= 0.3 is 0 Å². The Balaban J connectivity index is 1.76. The number of likely N-dealkylation sites (tertiary alicyclic amines) is 1. The molecule has 1 saturated heterocycles. The van der Waals surface area contributed by atoms with Gasteiger partial charge in [-0.05, 0) is 31.0 Å². The van der Waals surface area contributed by atoms with Gasteiger partial charge < -0.3 is 10.2 Å². The summed E-state index contributed by atoms with van der Waals surface area (Å²) in [5.41, 5.74) is 0.412. The van der Waals surface area contributed by atoms with Crippen LogP contribution in [0.1, 0.15) is 23.2 Å². The Kier molecular flexibility index (Phi) is 4.79. The van der Waals surface area contributed by atoms with Crippen LogP contribution in [0.15, 0.2) is 24.4 Å². The molecule has 1 N–H and O–H groups in total. The minimum absolute atomic E-state index is 0.238. The molecule has 0 spiro atoms. The van der Waals surface area contributed by atoms with Crippen LogP contribution < -0.4 is 5.32 Å². The number of nitrogens with one attached hydrogen (secondary N) is 1. The summed E-state index contributed by atoms with van der Waals surface area (Å²) in [6.07, 6.45) is 2.85. The summed E-state index contributed by atoms with van der Waals surface area (Å²) in [6, 6.07) is 4.17. The van der Waals surface area contributed by atoms with E-state index in [9.17, 15) is 9.59 Å². The number of hydrogen-bond donors (Lipinski definition) is 1. The van der Waals surface area contributed by atoms with Crippen LogP contribution in [0.5, 0.6) is 0 Å². The van der Waals surface area contributed by atoms with Crippen molar-refractivity contribution in [2.24, 2.45) is 0 Å². The molecule has 0 aliphatic carbocycles. The molecule has 120 valence electrons. The van der Waals surface area contributed by atoms with Gasteiger partial charge in [-0.3, -0.25) is 9.59 Å². The van der Waals surface area contributed by atoms with Crippen molar-refractivity contribution in [3.8, 4) is 0 Å². The third kappa shape index (κ3) is 3.46. The molecule has 1 aromatic heterocycles. The maximum absolute atomic E-state index is 12.6. The molecule has 0 unspecified atom stereocenters. The van der Waals surface area contributed by atoms with Crippen molar-refractivity contribution >= 4 is 52.6 Å².